The summed E-state index contributed by atoms with van der Waals surface area (Å²) in [5, 5.41) is 14.0. The van der Waals surface area contributed by atoms with Gasteiger partial charge in [0.1, 0.15) is 5.82 Å². The number of nitrogens with one attached hydrogen (secondary N) is 1. The quantitative estimate of drug-likeness (QED) is 0.610. The molecule has 0 aliphatic rings. The fraction of sp³-hybridized carbons (Fsp3) is 0.615. The normalized spacial score (nSPS) is 11.3. The van der Waals surface area contributed by atoms with Gasteiger partial charge in [0.25, 0.3) is 0 Å². The molecule has 0 fully saturated rings. The molecule has 6 nitrogen and oxygen atoms in total. The first kappa shape index (κ1) is 15.2. The molecule has 0 amide bonds. The van der Waals surface area contributed by atoms with Gasteiger partial charge in [-0.25, -0.2) is 4.98 Å². The van der Waals surface area contributed by atoms with Crippen molar-refractivity contribution >= 4 is 17.3 Å². The average Bonchev–Trinajstić information content (AvgIpc) is 2.27. The molecule has 1 heterocycles. The monoisotopic (exact) mass is 266 g/mol. The van der Waals surface area contributed by atoms with Gasteiger partial charge < -0.3 is 11.1 Å². The van der Waals surface area contributed by atoms with Crippen molar-refractivity contribution in [3.63, 3.8) is 0 Å². The Labute approximate surface area is 113 Å². The van der Waals surface area contributed by atoms with E-state index in [4.69, 9.17) is 5.73 Å². The molecule has 6 heteroatoms. The SMILES string of the molecule is CC(C)C(CNc1nc(N)ccc1[N+](=O)[O-])C(C)C. The van der Waals surface area contributed by atoms with Crippen LogP contribution in [-0.2, 0) is 0 Å². The van der Waals surface area contributed by atoms with Gasteiger partial charge in [-0.2, -0.15) is 0 Å². The molecule has 0 aliphatic heterocycles. The first-order chi connectivity index (χ1) is 8.82. The summed E-state index contributed by atoms with van der Waals surface area (Å²) in [5.74, 6) is 1.93. The smallest absolute Gasteiger partial charge is 0.311 e. The molecule has 3 N–H and O–H groups in total. The van der Waals surface area contributed by atoms with Crippen molar-refractivity contribution < 1.29 is 4.92 Å². The molecule has 0 unspecified atom stereocenters. The zero-order valence-electron chi connectivity index (χ0n) is 11.9. The minimum Gasteiger partial charge on any atom is -0.384 e. The second-order valence-electron chi connectivity index (χ2n) is 5.39. The number of hydrogen-bond acceptors (Lipinski definition) is 5. The summed E-state index contributed by atoms with van der Waals surface area (Å²) < 4.78 is 0. The first-order valence-electron chi connectivity index (χ1n) is 6.47. The van der Waals surface area contributed by atoms with Crippen LogP contribution in [0.25, 0.3) is 0 Å². The highest BCUT2D eigenvalue weighted by Gasteiger charge is 2.20. The Morgan fingerprint density at radius 2 is 1.89 bits per heavy atom. The van der Waals surface area contributed by atoms with Crippen molar-refractivity contribution in [1.82, 2.24) is 4.98 Å². The number of pyridine rings is 1. The molecular weight excluding hydrogens is 244 g/mol. The minimum absolute atomic E-state index is 0.0412. The highest BCUT2D eigenvalue weighted by atomic mass is 16.6. The molecule has 0 bridgehead atoms. The molecular formula is C13H22N4O2. The summed E-state index contributed by atoms with van der Waals surface area (Å²) in [5.41, 5.74) is 5.54. The second kappa shape index (κ2) is 6.36. The molecule has 1 aromatic heterocycles. The van der Waals surface area contributed by atoms with Crippen LogP contribution in [0.3, 0.4) is 0 Å². The van der Waals surface area contributed by atoms with Gasteiger partial charge in [-0.1, -0.05) is 27.7 Å². The van der Waals surface area contributed by atoms with E-state index < -0.39 is 4.92 Å². The highest BCUT2D eigenvalue weighted by molar-refractivity contribution is 5.59. The van der Waals surface area contributed by atoms with Gasteiger partial charge in [0.15, 0.2) is 0 Å². The van der Waals surface area contributed by atoms with Crippen LogP contribution in [0, 0.1) is 27.9 Å². The van der Waals surface area contributed by atoms with Crippen LogP contribution in [0.15, 0.2) is 12.1 Å². The number of nitro groups is 1. The first-order valence-corrected chi connectivity index (χ1v) is 6.47. The number of hydrogen-bond donors (Lipinski definition) is 2. The molecule has 0 atom stereocenters. The summed E-state index contributed by atoms with van der Waals surface area (Å²) in [4.78, 5) is 14.5. The maximum absolute atomic E-state index is 10.9. The fourth-order valence-electron chi connectivity index (χ4n) is 2.20. The predicted octanol–water partition coefficient (Wildman–Crippen LogP) is 2.91. The molecule has 0 radical (unpaired) electrons. The van der Waals surface area contributed by atoms with Crippen molar-refractivity contribution in [2.75, 3.05) is 17.6 Å². The molecule has 106 valence electrons. The lowest BCUT2D eigenvalue weighted by atomic mass is 9.85. The van der Waals surface area contributed by atoms with E-state index in [2.05, 4.69) is 38.0 Å². The van der Waals surface area contributed by atoms with Crippen molar-refractivity contribution in [1.29, 1.82) is 0 Å². The van der Waals surface area contributed by atoms with E-state index in [-0.39, 0.29) is 17.3 Å². The van der Waals surface area contributed by atoms with Gasteiger partial charge in [-0.05, 0) is 23.8 Å². The molecule has 1 rings (SSSR count). The van der Waals surface area contributed by atoms with Crippen molar-refractivity contribution in [2.45, 2.75) is 27.7 Å². The fourth-order valence-corrected chi connectivity index (χ4v) is 2.20. The third-order valence-corrected chi connectivity index (χ3v) is 3.31. The highest BCUT2D eigenvalue weighted by Crippen LogP contribution is 2.25. The van der Waals surface area contributed by atoms with Gasteiger partial charge in [0.05, 0.1) is 4.92 Å². The topological polar surface area (TPSA) is 94.1 Å². The third kappa shape index (κ3) is 4.08. The number of nitrogen functional groups attached to an aromatic ring is 1. The Balaban J connectivity index is 2.87. The Morgan fingerprint density at radius 3 is 2.37 bits per heavy atom. The van der Waals surface area contributed by atoms with Gasteiger partial charge in [0, 0.05) is 12.6 Å². The molecule has 0 aromatic carbocycles. The predicted molar refractivity (Wildman–Crippen MR) is 77.0 cm³/mol. The van der Waals surface area contributed by atoms with Gasteiger partial charge in [-0.15, -0.1) is 0 Å². The minimum atomic E-state index is -0.450. The van der Waals surface area contributed by atoms with Crippen LogP contribution in [0.2, 0.25) is 0 Å². The Hall–Kier alpha value is -1.85. The number of anilines is 2. The van der Waals surface area contributed by atoms with Crippen LogP contribution < -0.4 is 11.1 Å². The van der Waals surface area contributed by atoms with Crippen molar-refractivity contribution in [2.24, 2.45) is 17.8 Å². The Kier molecular flexibility index (Phi) is 5.09. The summed E-state index contributed by atoms with van der Waals surface area (Å²) >= 11 is 0. The summed E-state index contributed by atoms with van der Waals surface area (Å²) in [6.45, 7) is 9.23. The van der Waals surface area contributed by atoms with Crippen LogP contribution in [0.1, 0.15) is 27.7 Å². The summed E-state index contributed by atoms with van der Waals surface area (Å²) in [6, 6.07) is 2.82. The maximum Gasteiger partial charge on any atom is 0.311 e. The van der Waals surface area contributed by atoms with Crippen LogP contribution in [-0.4, -0.2) is 16.5 Å². The standard InChI is InChI=1S/C13H22N4O2/c1-8(2)10(9(3)4)7-15-13-11(17(18)19)5-6-12(14)16-13/h5-6,8-10H,7H2,1-4H3,(H3,14,15,16). The summed E-state index contributed by atoms with van der Waals surface area (Å²) in [6.07, 6.45) is 0. The Morgan fingerprint density at radius 1 is 1.32 bits per heavy atom. The number of nitrogens with two attached hydrogens (primary N) is 1. The van der Waals surface area contributed by atoms with E-state index in [1.807, 2.05) is 0 Å². The molecule has 0 spiro atoms. The molecule has 0 aliphatic carbocycles. The zero-order chi connectivity index (χ0) is 14.6. The largest absolute Gasteiger partial charge is 0.384 e. The van der Waals surface area contributed by atoms with Crippen molar-refractivity contribution in [3.05, 3.63) is 22.2 Å². The number of aromatic nitrogens is 1. The van der Waals surface area contributed by atoms with Crippen LogP contribution in [0.4, 0.5) is 17.3 Å². The van der Waals surface area contributed by atoms with Gasteiger partial charge in [0.2, 0.25) is 5.82 Å². The summed E-state index contributed by atoms with van der Waals surface area (Å²) in [7, 11) is 0. The zero-order valence-corrected chi connectivity index (χ0v) is 11.9. The van der Waals surface area contributed by atoms with E-state index >= 15 is 0 Å². The van der Waals surface area contributed by atoms with Crippen LogP contribution >= 0.6 is 0 Å². The van der Waals surface area contributed by atoms with E-state index in [1.165, 1.54) is 12.1 Å². The van der Waals surface area contributed by atoms with Crippen LogP contribution in [0.5, 0.6) is 0 Å². The lowest BCUT2D eigenvalue weighted by molar-refractivity contribution is -0.384. The van der Waals surface area contributed by atoms with E-state index in [0.29, 0.717) is 24.3 Å². The van der Waals surface area contributed by atoms with E-state index in [1.54, 1.807) is 0 Å². The number of rotatable bonds is 6. The second-order valence-corrected chi connectivity index (χ2v) is 5.39. The third-order valence-electron chi connectivity index (χ3n) is 3.31. The van der Waals surface area contributed by atoms with Gasteiger partial charge >= 0.3 is 5.69 Å². The lowest BCUT2D eigenvalue weighted by Gasteiger charge is -2.25. The molecule has 0 saturated heterocycles. The maximum atomic E-state index is 10.9. The average molecular weight is 266 g/mol. The van der Waals surface area contributed by atoms with Gasteiger partial charge in [-0.3, -0.25) is 10.1 Å². The van der Waals surface area contributed by atoms with Crippen molar-refractivity contribution in [3.8, 4) is 0 Å². The Bertz CT molecular complexity index is 438. The number of nitrogens with zero attached hydrogens (tertiary/aromatic N) is 2. The lowest BCUT2D eigenvalue weighted by Crippen LogP contribution is -2.25. The molecule has 0 saturated carbocycles. The van der Waals surface area contributed by atoms with E-state index in [0.717, 1.165) is 0 Å². The molecule has 1 aromatic rings. The van der Waals surface area contributed by atoms with E-state index in [9.17, 15) is 10.1 Å². The molecule has 19 heavy (non-hydrogen) atoms.